The molecule has 0 bridgehead atoms. The predicted molar refractivity (Wildman–Crippen MR) is 161 cm³/mol. The van der Waals surface area contributed by atoms with Crippen molar-refractivity contribution < 1.29 is 23.5 Å². The standard InChI is InChI=1S/C31H39FN6O5/c1-31(2,3)18-20-16-21(32)17-24-27(20)36-25(33-24)19-38-15-9-11-23(29(38)41)34-28(40)22(35-30(42)43-4)10-5-6-12-26(39)37-13-7-8-14-37/h6,9,11-12,15-17,22H,5,7-8,10,13-14,18-19H2,1-4H3,(H,33,36)(H,34,40)(H,35,42). The lowest BCUT2D eigenvalue weighted by molar-refractivity contribution is -0.125. The fraction of sp³-hybridized carbons (Fsp3) is 0.452. The minimum atomic E-state index is -1.02. The Labute approximate surface area is 249 Å². The smallest absolute Gasteiger partial charge is 0.407 e. The molecule has 0 spiro atoms. The van der Waals surface area contributed by atoms with E-state index in [4.69, 9.17) is 0 Å². The second-order valence-corrected chi connectivity index (χ2v) is 11.9. The van der Waals surface area contributed by atoms with Crippen molar-refractivity contribution in [3.63, 3.8) is 0 Å². The number of fused-ring (bicyclic) bond motifs is 1. The third-order valence-electron chi connectivity index (χ3n) is 7.09. The Kier molecular flexibility index (Phi) is 9.99. The molecule has 11 nitrogen and oxygen atoms in total. The van der Waals surface area contributed by atoms with Crippen LogP contribution in [0.15, 0.2) is 47.4 Å². The fourth-order valence-electron chi connectivity index (χ4n) is 5.08. The Balaban J connectivity index is 1.47. The van der Waals surface area contributed by atoms with Crippen molar-refractivity contribution in [1.29, 1.82) is 0 Å². The number of aromatic amines is 1. The Morgan fingerprint density at radius 2 is 1.95 bits per heavy atom. The highest BCUT2D eigenvalue weighted by Crippen LogP contribution is 2.27. The van der Waals surface area contributed by atoms with E-state index in [1.807, 2.05) is 0 Å². The summed E-state index contributed by atoms with van der Waals surface area (Å²) >= 11 is 0. The molecule has 1 aliphatic heterocycles. The summed E-state index contributed by atoms with van der Waals surface area (Å²) in [5.41, 5.74) is 1.42. The number of hydrogen-bond donors (Lipinski definition) is 3. The van der Waals surface area contributed by atoms with Gasteiger partial charge in [-0.3, -0.25) is 14.4 Å². The van der Waals surface area contributed by atoms with Gasteiger partial charge in [0.2, 0.25) is 11.8 Å². The molecule has 12 heteroatoms. The van der Waals surface area contributed by atoms with Gasteiger partial charge in [0.25, 0.3) is 5.56 Å². The van der Waals surface area contributed by atoms with Crippen LogP contribution in [-0.2, 0) is 27.3 Å². The zero-order chi connectivity index (χ0) is 31.1. The maximum Gasteiger partial charge on any atom is 0.407 e. The van der Waals surface area contributed by atoms with Crippen molar-refractivity contribution in [2.75, 3.05) is 25.5 Å². The van der Waals surface area contributed by atoms with Crippen molar-refractivity contribution in [3.8, 4) is 0 Å². The van der Waals surface area contributed by atoms with Crippen LogP contribution in [0.3, 0.4) is 0 Å². The van der Waals surface area contributed by atoms with Gasteiger partial charge in [0.15, 0.2) is 0 Å². The summed E-state index contributed by atoms with van der Waals surface area (Å²) in [6, 6.07) is 4.93. The largest absolute Gasteiger partial charge is 0.453 e. The van der Waals surface area contributed by atoms with E-state index in [0.717, 1.165) is 31.5 Å². The average molecular weight is 595 g/mol. The van der Waals surface area contributed by atoms with Crippen LogP contribution in [0.2, 0.25) is 0 Å². The number of hydrogen-bond acceptors (Lipinski definition) is 6. The lowest BCUT2D eigenvalue weighted by Crippen LogP contribution is -2.44. The maximum atomic E-state index is 14.3. The van der Waals surface area contributed by atoms with Crippen LogP contribution in [0.4, 0.5) is 14.9 Å². The molecule has 1 aliphatic rings. The van der Waals surface area contributed by atoms with Gasteiger partial charge in [-0.05, 0) is 73.4 Å². The summed E-state index contributed by atoms with van der Waals surface area (Å²) in [7, 11) is 1.19. The van der Waals surface area contributed by atoms with Crippen LogP contribution in [-0.4, -0.2) is 63.6 Å². The number of nitrogens with one attached hydrogen (secondary N) is 3. The van der Waals surface area contributed by atoms with Gasteiger partial charge in [0, 0.05) is 19.3 Å². The van der Waals surface area contributed by atoms with E-state index in [1.54, 1.807) is 23.2 Å². The molecule has 1 atom stereocenters. The summed E-state index contributed by atoms with van der Waals surface area (Å²) < 4.78 is 20.4. The van der Waals surface area contributed by atoms with Crippen LogP contribution in [0.25, 0.3) is 11.0 Å². The van der Waals surface area contributed by atoms with E-state index in [-0.39, 0.29) is 35.8 Å². The molecular weight excluding hydrogens is 555 g/mol. The first-order valence-electron chi connectivity index (χ1n) is 14.4. The molecule has 3 N–H and O–H groups in total. The molecule has 0 aliphatic carbocycles. The van der Waals surface area contributed by atoms with Gasteiger partial charge in [-0.2, -0.15) is 0 Å². The number of methoxy groups -OCH3 is 1. The quantitative estimate of drug-likeness (QED) is 0.302. The molecule has 0 radical (unpaired) electrons. The first-order chi connectivity index (χ1) is 20.4. The number of carbonyl (C=O) groups excluding carboxylic acids is 3. The van der Waals surface area contributed by atoms with E-state index in [1.165, 1.54) is 36.0 Å². The minimum absolute atomic E-state index is 0.0134. The summed E-state index contributed by atoms with van der Waals surface area (Å²) in [5, 5.41) is 5.09. The number of likely N-dealkylation sites (tertiary alicyclic amines) is 1. The number of pyridine rings is 1. The number of benzene rings is 1. The summed E-state index contributed by atoms with van der Waals surface area (Å²) in [6.45, 7) is 7.73. The molecule has 43 heavy (non-hydrogen) atoms. The van der Waals surface area contributed by atoms with Gasteiger partial charge in [-0.1, -0.05) is 26.8 Å². The Morgan fingerprint density at radius 1 is 1.21 bits per heavy atom. The molecule has 4 rings (SSSR count). The van der Waals surface area contributed by atoms with Crippen molar-refractivity contribution in [2.45, 2.75) is 65.5 Å². The predicted octanol–water partition coefficient (Wildman–Crippen LogP) is 4.12. The van der Waals surface area contributed by atoms with Gasteiger partial charge in [0.1, 0.15) is 23.4 Å². The highest BCUT2D eigenvalue weighted by Gasteiger charge is 2.23. The molecule has 3 aromatic rings. The van der Waals surface area contributed by atoms with Gasteiger partial charge >= 0.3 is 6.09 Å². The molecule has 2 aromatic heterocycles. The monoisotopic (exact) mass is 594 g/mol. The number of halogens is 1. The number of H-pyrrole nitrogens is 1. The van der Waals surface area contributed by atoms with Gasteiger partial charge in [-0.25, -0.2) is 14.2 Å². The number of rotatable bonds is 10. The van der Waals surface area contributed by atoms with Crippen LogP contribution in [0.5, 0.6) is 0 Å². The number of alkyl carbamates (subject to hydrolysis) is 1. The number of imidazole rings is 1. The van der Waals surface area contributed by atoms with Crippen molar-refractivity contribution in [3.05, 3.63) is 70.2 Å². The van der Waals surface area contributed by atoms with E-state index in [0.29, 0.717) is 29.7 Å². The van der Waals surface area contributed by atoms with Crippen molar-refractivity contribution in [1.82, 2.24) is 24.8 Å². The van der Waals surface area contributed by atoms with E-state index >= 15 is 0 Å². The third kappa shape index (κ3) is 8.52. The number of aromatic nitrogens is 3. The van der Waals surface area contributed by atoms with Crippen LogP contribution in [0.1, 0.15) is 57.8 Å². The topological polar surface area (TPSA) is 138 Å². The Bertz CT molecular complexity index is 1560. The molecule has 1 aromatic carbocycles. The normalized spacial score (nSPS) is 14.3. The fourth-order valence-corrected chi connectivity index (χ4v) is 5.08. The third-order valence-corrected chi connectivity index (χ3v) is 7.09. The number of amides is 3. The number of carbonyl (C=O) groups is 3. The number of ether oxygens (including phenoxy) is 1. The SMILES string of the molecule is COC(=O)NC(CCC=CC(=O)N1CCCC1)C(=O)Nc1cccn(Cc2nc3c(CC(C)(C)C)cc(F)cc3[nH]2)c1=O. The minimum Gasteiger partial charge on any atom is -0.453 e. The maximum absolute atomic E-state index is 14.3. The molecular formula is C31H39FN6O5. The molecule has 1 saturated heterocycles. The molecule has 1 fully saturated rings. The summed E-state index contributed by atoms with van der Waals surface area (Å²) in [5.74, 6) is -0.593. The number of anilines is 1. The Morgan fingerprint density at radius 3 is 2.65 bits per heavy atom. The number of allylic oxidation sites excluding steroid dienone is 1. The van der Waals surface area contributed by atoms with Crippen molar-refractivity contribution in [2.24, 2.45) is 5.41 Å². The summed E-state index contributed by atoms with van der Waals surface area (Å²) in [4.78, 5) is 60.1. The van der Waals surface area contributed by atoms with Gasteiger partial charge < -0.3 is 29.8 Å². The van der Waals surface area contributed by atoms with E-state index in [9.17, 15) is 23.6 Å². The highest BCUT2D eigenvalue weighted by atomic mass is 19.1. The van der Waals surface area contributed by atoms with Gasteiger partial charge in [0.05, 0.1) is 24.7 Å². The molecule has 3 heterocycles. The van der Waals surface area contributed by atoms with E-state index < -0.39 is 23.6 Å². The first kappa shape index (κ1) is 31.5. The molecule has 230 valence electrons. The van der Waals surface area contributed by atoms with Crippen LogP contribution >= 0.6 is 0 Å². The van der Waals surface area contributed by atoms with Gasteiger partial charge in [-0.15, -0.1) is 0 Å². The number of nitrogens with zero attached hydrogens (tertiary/aromatic N) is 3. The second-order valence-electron chi connectivity index (χ2n) is 11.9. The first-order valence-corrected chi connectivity index (χ1v) is 14.4. The average Bonchev–Trinajstić information content (AvgIpc) is 3.62. The van der Waals surface area contributed by atoms with Crippen LogP contribution < -0.4 is 16.2 Å². The summed E-state index contributed by atoms with van der Waals surface area (Å²) in [6.07, 6.45) is 7.03. The molecule has 3 amide bonds. The second kappa shape index (κ2) is 13.7. The molecule has 0 saturated carbocycles. The van der Waals surface area contributed by atoms with Crippen molar-refractivity contribution >= 4 is 34.6 Å². The lowest BCUT2D eigenvalue weighted by atomic mass is 9.87. The zero-order valence-corrected chi connectivity index (χ0v) is 25.0. The highest BCUT2D eigenvalue weighted by molar-refractivity contribution is 5.96. The van der Waals surface area contributed by atoms with Crippen LogP contribution in [0, 0.1) is 11.2 Å². The lowest BCUT2D eigenvalue weighted by Gasteiger charge is -2.18. The zero-order valence-electron chi connectivity index (χ0n) is 25.0. The molecule has 1 unspecified atom stereocenters. The van der Waals surface area contributed by atoms with E-state index in [2.05, 4.69) is 46.1 Å². The Hall–Kier alpha value is -4.48.